The van der Waals surface area contributed by atoms with Gasteiger partial charge < -0.3 is 15.1 Å². The Morgan fingerprint density at radius 2 is 1.69 bits per heavy atom. The zero-order valence-electron chi connectivity index (χ0n) is 19.8. The maximum absolute atomic E-state index is 12.9. The van der Waals surface area contributed by atoms with Crippen LogP contribution in [-0.2, 0) is 6.42 Å². The molecule has 174 valence electrons. The molecule has 1 saturated heterocycles. The molecule has 1 unspecified atom stereocenters. The fraction of sp³-hybridized carbons (Fsp3) is 0.500. The number of hydrogen-bond donors (Lipinski definition) is 1. The summed E-state index contributed by atoms with van der Waals surface area (Å²) in [5.41, 5.74) is 5.58. The number of rotatable bonds is 7. The zero-order chi connectivity index (χ0) is 23.4. The number of halogens is 2. The summed E-state index contributed by atoms with van der Waals surface area (Å²) in [6.07, 6.45) is 2.04. The lowest BCUT2D eigenvalue weighted by Crippen LogP contribution is -2.47. The molecule has 0 radical (unpaired) electrons. The Bertz CT molecular complexity index is 931. The average Bonchev–Trinajstić information content (AvgIpc) is 2.76. The lowest BCUT2D eigenvalue weighted by atomic mass is 9.91. The third-order valence-corrected chi connectivity index (χ3v) is 8.28. The molecule has 1 amide bonds. The molecule has 4 nitrogen and oxygen atoms in total. The highest BCUT2D eigenvalue weighted by atomic mass is 79.9. The third kappa shape index (κ3) is 6.15. The minimum Gasteiger partial charge on any atom is -0.382 e. The van der Waals surface area contributed by atoms with Crippen LogP contribution in [0.1, 0.15) is 47.3 Å². The van der Waals surface area contributed by atoms with Gasteiger partial charge in [0.15, 0.2) is 0 Å². The Morgan fingerprint density at radius 3 is 2.25 bits per heavy atom. The van der Waals surface area contributed by atoms with Crippen LogP contribution in [0.3, 0.4) is 0 Å². The second kappa shape index (κ2) is 11.2. The number of anilines is 1. The maximum Gasteiger partial charge on any atom is 0.253 e. The number of aryl methyl sites for hydroxylation is 1. The maximum atomic E-state index is 12.9. The Morgan fingerprint density at radius 1 is 1.06 bits per heavy atom. The molecule has 2 atom stereocenters. The van der Waals surface area contributed by atoms with E-state index < -0.39 is 0 Å². The van der Waals surface area contributed by atoms with Crippen molar-refractivity contribution in [2.75, 3.05) is 38.5 Å². The molecule has 0 bridgehead atoms. The minimum atomic E-state index is 0.142. The monoisotopic (exact) mass is 563 g/mol. The van der Waals surface area contributed by atoms with Crippen molar-refractivity contribution >= 4 is 43.5 Å². The minimum absolute atomic E-state index is 0.142. The van der Waals surface area contributed by atoms with Crippen LogP contribution in [0.5, 0.6) is 0 Å². The second-order valence-corrected chi connectivity index (χ2v) is 10.9. The number of carbonyl (C=O) groups is 1. The number of carbonyl (C=O) groups excluding carboxylic acids is 1. The van der Waals surface area contributed by atoms with Gasteiger partial charge in [-0.3, -0.25) is 4.79 Å². The van der Waals surface area contributed by atoms with E-state index in [1.165, 1.54) is 11.1 Å². The highest BCUT2D eigenvalue weighted by Gasteiger charge is 2.22. The zero-order valence-corrected chi connectivity index (χ0v) is 23.0. The van der Waals surface area contributed by atoms with Gasteiger partial charge in [0, 0.05) is 52.4 Å². The summed E-state index contributed by atoms with van der Waals surface area (Å²) in [4.78, 5) is 17.2. The predicted molar refractivity (Wildman–Crippen MR) is 142 cm³/mol. The highest BCUT2D eigenvalue weighted by Crippen LogP contribution is 2.29. The molecule has 0 spiro atoms. The molecule has 1 fully saturated rings. The Balaban J connectivity index is 1.67. The predicted octanol–water partition coefficient (Wildman–Crippen LogP) is 6.29. The molecule has 2 aromatic rings. The van der Waals surface area contributed by atoms with Gasteiger partial charge in [-0.25, -0.2) is 0 Å². The van der Waals surface area contributed by atoms with Gasteiger partial charge in [-0.1, -0.05) is 45.7 Å². The molecule has 6 heteroatoms. The van der Waals surface area contributed by atoms with Crippen molar-refractivity contribution in [2.45, 2.75) is 46.6 Å². The summed E-state index contributed by atoms with van der Waals surface area (Å²) < 4.78 is 2.29. The van der Waals surface area contributed by atoms with E-state index in [1.54, 1.807) is 0 Å². The van der Waals surface area contributed by atoms with E-state index in [0.717, 1.165) is 64.8 Å². The molecule has 32 heavy (non-hydrogen) atoms. The average molecular weight is 565 g/mol. The molecule has 2 aromatic carbocycles. The normalized spacial score (nSPS) is 16.7. The molecule has 0 aliphatic carbocycles. The van der Waals surface area contributed by atoms with E-state index in [0.29, 0.717) is 12.0 Å². The van der Waals surface area contributed by atoms with Crippen LogP contribution in [0.25, 0.3) is 0 Å². The summed E-state index contributed by atoms with van der Waals surface area (Å²) in [5, 5.41) is 3.75. The summed E-state index contributed by atoms with van der Waals surface area (Å²) in [6, 6.07) is 10.9. The fourth-order valence-electron chi connectivity index (χ4n) is 4.33. The Hall–Kier alpha value is -1.37. The molecule has 1 aliphatic heterocycles. The lowest BCUT2D eigenvalue weighted by molar-refractivity contribution is 0.0664. The van der Waals surface area contributed by atoms with Crippen LogP contribution in [0.15, 0.2) is 39.3 Å². The summed E-state index contributed by atoms with van der Waals surface area (Å²) in [5.74, 6) is 0.608. The van der Waals surface area contributed by atoms with Crippen molar-refractivity contribution in [1.29, 1.82) is 0 Å². The number of piperazine rings is 1. The Labute approximate surface area is 210 Å². The lowest BCUT2D eigenvalue weighted by Gasteiger charge is -2.32. The van der Waals surface area contributed by atoms with Gasteiger partial charge in [-0.15, -0.1) is 0 Å². The van der Waals surface area contributed by atoms with Crippen LogP contribution >= 0.6 is 31.9 Å². The standard InChI is InChI=1S/C26H35Br2N3O/c1-6-24(17(2)13-20-15-22(27)19(4)23(28)16-20)29-25-8-7-21(14-18(25)3)26(32)31-11-9-30(5)10-12-31/h7-8,14-17,24,29H,6,9-13H2,1-5H3/t17-,24?/m1/s1. The number of benzene rings is 2. The molecule has 1 N–H and O–H groups in total. The van der Waals surface area contributed by atoms with E-state index in [-0.39, 0.29) is 5.91 Å². The number of hydrogen-bond acceptors (Lipinski definition) is 3. The highest BCUT2D eigenvalue weighted by molar-refractivity contribution is 9.11. The van der Waals surface area contributed by atoms with Crippen molar-refractivity contribution in [3.05, 3.63) is 61.5 Å². The molecule has 3 rings (SSSR count). The first-order valence-electron chi connectivity index (χ1n) is 11.5. The molecular formula is C26H35Br2N3O. The second-order valence-electron chi connectivity index (χ2n) is 9.15. The van der Waals surface area contributed by atoms with Crippen molar-refractivity contribution < 1.29 is 4.79 Å². The largest absolute Gasteiger partial charge is 0.382 e. The topological polar surface area (TPSA) is 35.6 Å². The number of amides is 1. The number of nitrogens with one attached hydrogen (secondary N) is 1. The van der Waals surface area contributed by atoms with Crippen LogP contribution in [-0.4, -0.2) is 55.0 Å². The van der Waals surface area contributed by atoms with Crippen molar-refractivity contribution in [3.8, 4) is 0 Å². The van der Waals surface area contributed by atoms with Gasteiger partial charge in [0.05, 0.1) is 0 Å². The molecule has 1 aliphatic rings. The summed E-state index contributed by atoms with van der Waals surface area (Å²) >= 11 is 7.35. The molecule has 1 heterocycles. The number of likely N-dealkylation sites (N-methyl/N-ethyl adjacent to an activating group) is 1. The molecule has 0 saturated carbocycles. The summed E-state index contributed by atoms with van der Waals surface area (Å²) in [7, 11) is 2.11. The van der Waals surface area contributed by atoms with Crippen LogP contribution in [0.2, 0.25) is 0 Å². The smallest absolute Gasteiger partial charge is 0.253 e. The van der Waals surface area contributed by atoms with E-state index in [2.05, 4.69) is 95.0 Å². The van der Waals surface area contributed by atoms with E-state index in [4.69, 9.17) is 0 Å². The van der Waals surface area contributed by atoms with E-state index >= 15 is 0 Å². The fourth-order valence-corrected chi connectivity index (χ4v) is 5.61. The van der Waals surface area contributed by atoms with Gasteiger partial charge in [0.2, 0.25) is 0 Å². The van der Waals surface area contributed by atoms with Crippen LogP contribution in [0, 0.1) is 19.8 Å². The van der Waals surface area contributed by atoms with Crippen LogP contribution < -0.4 is 5.32 Å². The third-order valence-electron chi connectivity index (χ3n) is 6.63. The van der Waals surface area contributed by atoms with Gasteiger partial charge in [0.25, 0.3) is 5.91 Å². The van der Waals surface area contributed by atoms with Crippen LogP contribution in [0.4, 0.5) is 5.69 Å². The van der Waals surface area contributed by atoms with Crippen molar-refractivity contribution in [1.82, 2.24) is 9.80 Å². The number of nitrogens with zero attached hydrogens (tertiary/aromatic N) is 2. The van der Waals surface area contributed by atoms with Gasteiger partial charge >= 0.3 is 0 Å². The molecule has 0 aromatic heterocycles. The molecular weight excluding hydrogens is 530 g/mol. The summed E-state index contributed by atoms with van der Waals surface area (Å²) in [6.45, 7) is 12.2. The van der Waals surface area contributed by atoms with Crippen molar-refractivity contribution in [2.24, 2.45) is 5.92 Å². The van der Waals surface area contributed by atoms with E-state index in [1.807, 2.05) is 17.0 Å². The first-order chi connectivity index (χ1) is 15.2. The first kappa shape index (κ1) is 25.3. The SMILES string of the molecule is CCC(Nc1ccc(C(=O)N2CCN(C)CC2)cc1C)[C@H](C)Cc1cc(Br)c(C)c(Br)c1. The first-order valence-corrected chi connectivity index (χ1v) is 13.1. The van der Waals surface area contributed by atoms with Gasteiger partial charge in [-0.2, -0.15) is 0 Å². The van der Waals surface area contributed by atoms with Gasteiger partial charge in [0.1, 0.15) is 0 Å². The quantitative estimate of drug-likeness (QED) is 0.429. The Kier molecular flexibility index (Phi) is 8.82. The van der Waals surface area contributed by atoms with E-state index in [9.17, 15) is 4.79 Å². The van der Waals surface area contributed by atoms with Gasteiger partial charge in [-0.05, 0) is 86.7 Å². The van der Waals surface area contributed by atoms with Crippen molar-refractivity contribution in [3.63, 3.8) is 0 Å².